The van der Waals surface area contributed by atoms with Gasteiger partial charge < -0.3 is 16.0 Å². The Labute approximate surface area is 124 Å². The van der Waals surface area contributed by atoms with Crippen molar-refractivity contribution in [1.82, 2.24) is 4.98 Å². The van der Waals surface area contributed by atoms with E-state index in [4.69, 9.17) is 5.73 Å². The number of aryl methyl sites for hydroxylation is 1. The van der Waals surface area contributed by atoms with Gasteiger partial charge in [0, 0.05) is 36.7 Å². The standard InChI is InChI=1S/C16H20N4O/c1-4-12-9-11(10-15(17)18-12)16(21)19-13-5-7-14(8-6-13)20(2)3/h5-10H,4H2,1-3H3,(H2,17,18)(H,19,21). The van der Waals surface area contributed by atoms with E-state index in [0.717, 1.165) is 23.5 Å². The number of nitrogens with one attached hydrogen (secondary N) is 1. The summed E-state index contributed by atoms with van der Waals surface area (Å²) in [6, 6.07) is 11.0. The van der Waals surface area contributed by atoms with Crippen molar-refractivity contribution in [2.75, 3.05) is 30.0 Å². The Morgan fingerprint density at radius 1 is 1.24 bits per heavy atom. The first-order valence-electron chi connectivity index (χ1n) is 6.84. The van der Waals surface area contributed by atoms with E-state index < -0.39 is 0 Å². The summed E-state index contributed by atoms with van der Waals surface area (Å²) in [5.41, 5.74) is 8.88. The number of amides is 1. The molecule has 0 aliphatic carbocycles. The van der Waals surface area contributed by atoms with Crippen molar-refractivity contribution in [2.45, 2.75) is 13.3 Å². The van der Waals surface area contributed by atoms with Gasteiger partial charge in [0.1, 0.15) is 5.82 Å². The second-order valence-electron chi connectivity index (χ2n) is 5.02. The summed E-state index contributed by atoms with van der Waals surface area (Å²) >= 11 is 0. The number of hydrogen-bond donors (Lipinski definition) is 2. The van der Waals surface area contributed by atoms with Crippen LogP contribution >= 0.6 is 0 Å². The minimum absolute atomic E-state index is 0.184. The molecule has 110 valence electrons. The molecule has 5 heteroatoms. The molecule has 1 aromatic heterocycles. The van der Waals surface area contributed by atoms with Crippen LogP contribution in [-0.4, -0.2) is 25.0 Å². The lowest BCUT2D eigenvalue weighted by Crippen LogP contribution is -2.14. The zero-order chi connectivity index (χ0) is 15.4. The summed E-state index contributed by atoms with van der Waals surface area (Å²) in [6.07, 6.45) is 0.739. The molecule has 5 nitrogen and oxygen atoms in total. The maximum absolute atomic E-state index is 12.2. The summed E-state index contributed by atoms with van der Waals surface area (Å²) in [6.45, 7) is 1.98. The van der Waals surface area contributed by atoms with Crippen LogP contribution < -0.4 is 16.0 Å². The molecule has 2 rings (SSSR count). The highest BCUT2D eigenvalue weighted by molar-refractivity contribution is 6.04. The highest BCUT2D eigenvalue weighted by Gasteiger charge is 2.09. The van der Waals surface area contributed by atoms with Crippen molar-refractivity contribution in [1.29, 1.82) is 0 Å². The third-order valence-electron chi connectivity index (χ3n) is 3.16. The third-order valence-corrected chi connectivity index (χ3v) is 3.16. The van der Waals surface area contributed by atoms with Crippen molar-refractivity contribution < 1.29 is 4.79 Å². The van der Waals surface area contributed by atoms with Gasteiger partial charge in [-0.05, 0) is 42.8 Å². The zero-order valence-electron chi connectivity index (χ0n) is 12.6. The molecule has 0 spiro atoms. The number of carbonyl (C=O) groups is 1. The van der Waals surface area contributed by atoms with E-state index in [1.807, 2.05) is 50.2 Å². The van der Waals surface area contributed by atoms with Gasteiger partial charge in [0.2, 0.25) is 0 Å². The smallest absolute Gasteiger partial charge is 0.255 e. The molecular weight excluding hydrogens is 264 g/mol. The number of benzene rings is 1. The minimum Gasteiger partial charge on any atom is -0.384 e. The second-order valence-corrected chi connectivity index (χ2v) is 5.02. The zero-order valence-corrected chi connectivity index (χ0v) is 12.6. The van der Waals surface area contributed by atoms with Gasteiger partial charge in [-0.2, -0.15) is 0 Å². The van der Waals surface area contributed by atoms with E-state index >= 15 is 0 Å². The molecule has 0 aliphatic rings. The van der Waals surface area contributed by atoms with Crippen LogP contribution in [0.25, 0.3) is 0 Å². The van der Waals surface area contributed by atoms with Gasteiger partial charge in [-0.3, -0.25) is 4.79 Å². The highest BCUT2D eigenvalue weighted by atomic mass is 16.1. The largest absolute Gasteiger partial charge is 0.384 e. The van der Waals surface area contributed by atoms with Crippen molar-refractivity contribution in [2.24, 2.45) is 0 Å². The number of aromatic nitrogens is 1. The van der Waals surface area contributed by atoms with Gasteiger partial charge in [0.25, 0.3) is 5.91 Å². The molecule has 0 radical (unpaired) electrons. The van der Waals surface area contributed by atoms with Crippen LogP contribution in [0.15, 0.2) is 36.4 Å². The maximum Gasteiger partial charge on any atom is 0.255 e. The Hall–Kier alpha value is -2.56. The Kier molecular flexibility index (Phi) is 4.42. The summed E-state index contributed by atoms with van der Waals surface area (Å²) in [5.74, 6) is 0.179. The highest BCUT2D eigenvalue weighted by Crippen LogP contribution is 2.17. The Bertz CT molecular complexity index is 635. The molecule has 1 amide bonds. The molecule has 0 atom stereocenters. The first kappa shape index (κ1) is 14.8. The monoisotopic (exact) mass is 284 g/mol. The number of nitrogens with zero attached hydrogens (tertiary/aromatic N) is 2. The Balaban J connectivity index is 2.15. The molecule has 1 aromatic carbocycles. The van der Waals surface area contributed by atoms with Gasteiger partial charge in [-0.15, -0.1) is 0 Å². The normalized spacial score (nSPS) is 10.2. The first-order valence-corrected chi connectivity index (χ1v) is 6.84. The van der Waals surface area contributed by atoms with Crippen LogP contribution in [0.4, 0.5) is 17.2 Å². The van der Waals surface area contributed by atoms with Crippen molar-refractivity contribution >= 4 is 23.1 Å². The van der Waals surface area contributed by atoms with Gasteiger partial charge >= 0.3 is 0 Å². The summed E-state index contributed by atoms with van der Waals surface area (Å²) in [4.78, 5) is 18.4. The fraction of sp³-hybridized carbons (Fsp3) is 0.250. The van der Waals surface area contributed by atoms with Crippen molar-refractivity contribution in [3.8, 4) is 0 Å². The van der Waals surface area contributed by atoms with Crippen molar-refractivity contribution in [3.63, 3.8) is 0 Å². The molecule has 2 aromatic rings. The average Bonchev–Trinajstić information content (AvgIpc) is 2.47. The number of anilines is 3. The van der Waals surface area contributed by atoms with Crippen LogP contribution in [0.2, 0.25) is 0 Å². The Morgan fingerprint density at radius 2 is 1.90 bits per heavy atom. The second kappa shape index (κ2) is 6.26. The number of pyridine rings is 1. The molecule has 21 heavy (non-hydrogen) atoms. The molecule has 3 N–H and O–H groups in total. The van der Waals surface area contributed by atoms with Gasteiger partial charge in [0.15, 0.2) is 0 Å². The topological polar surface area (TPSA) is 71.2 Å². The van der Waals surface area contributed by atoms with E-state index in [-0.39, 0.29) is 5.91 Å². The summed E-state index contributed by atoms with van der Waals surface area (Å²) < 4.78 is 0. The van der Waals surface area contributed by atoms with Gasteiger partial charge in [-0.1, -0.05) is 6.92 Å². The summed E-state index contributed by atoms with van der Waals surface area (Å²) in [5, 5.41) is 2.86. The fourth-order valence-electron chi connectivity index (χ4n) is 1.97. The molecule has 0 unspecified atom stereocenters. The Morgan fingerprint density at radius 3 is 2.48 bits per heavy atom. The van der Waals surface area contributed by atoms with E-state index in [1.54, 1.807) is 12.1 Å². The average molecular weight is 284 g/mol. The minimum atomic E-state index is -0.184. The van der Waals surface area contributed by atoms with E-state index in [2.05, 4.69) is 10.3 Å². The number of carbonyl (C=O) groups excluding carboxylic acids is 1. The molecule has 0 fully saturated rings. The first-order chi connectivity index (χ1) is 9.99. The van der Waals surface area contributed by atoms with Crippen LogP contribution in [0.5, 0.6) is 0 Å². The quantitative estimate of drug-likeness (QED) is 0.905. The van der Waals surface area contributed by atoms with Crippen LogP contribution in [0, 0.1) is 0 Å². The predicted octanol–water partition coefficient (Wildman–Crippen LogP) is 2.54. The maximum atomic E-state index is 12.2. The van der Waals surface area contributed by atoms with Crippen LogP contribution in [0.1, 0.15) is 23.0 Å². The molecular formula is C16H20N4O. The fourth-order valence-corrected chi connectivity index (χ4v) is 1.97. The van der Waals surface area contributed by atoms with Gasteiger partial charge in [-0.25, -0.2) is 4.98 Å². The lowest BCUT2D eigenvalue weighted by molar-refractivity contribution is 0.102. The number of hydrogen-bond acceptors (Lipinski definition) is 4. The summed E-state index contributed by atoms with van der Waals surface area (Å²) in [7, 11) is 3.94. The number of nitrogens with two attached hydrogens (primary N) is 1. The van der Waals surface area contributed by atoms with E-state index in [9.17, 15) is 4.79 Å². The van der Waals surface area contributed by atoms with Crippen LogP contribution in [-0.2, 0) is 6.42 Å². The number of rotatable bonds is 4. The lowest BCUT2D eigenvalue weighted by atomic mass is 10.1. The molecule has 0 saturated carbocycles. The molecule has 0 bridgehead atoms. The van der Waals surface area contributed by atoms with E-state index in [1.165, 1.54) is 0 Å². The third kappa shape index (κ3) is 3.72. The van der Waals surface area contributed by atoms with Crippen molar-refractivity contribution in [3.05, 3.63) is 47.7 Å². The SMILES string of the molecule is CCc1cc(C(=O)Nc2ccc(N(C)C)cc2)cc(N)n1. The molecule has 0 saturated heterocycles. The number of nitrogen functional groups attached to an aromatic ring is 1. The van der Waals surface area contributed by atoms with E-state index in [0.29, 0.717) is 11.4 Å². The molecule has 0 aliphatic heterocycles. The predicted molar refractivity (Wildman–Crippen MR) is 86.7 cm³/mol. The lowest BCUT2D eigenvalue weighted by Gasteiger charge is -2.13. The van der Waals surface area contributed by atoms with Crippen LogP contribution in [0.3, 0.4) is 0 Å². The molecule has 1 heterocycles. The van der Waals surface area contributed by atoms with Gasteiger partial charge in [0.05, 0.1) is 0 Å².